The van der Waals surface area contributed by atoms with E-state index in [1.807, 2.05) is 0 Å². The summed E-state index contributed by atoms with van der Waals surface area (Å²) in [4.78, 5) is 0. The summed E-state index contributed by atoms with van der Waals surface area (Å²) in [6, 6.07) is 31.8. The molecule has 0 heterocycles. The van der Waals surface area contributed by atoms with Crippen LogP contribution in [0.3, 0.4) is 0 Å². The normalized spacial score (nSPS) is 18.2. The van der Waals surface area contributed by atoms with Crippen LogP contribution in [0.4, 0.5) is 0 Å². The zero-order valence-corrected chi connectivity index (χ0v) is 17.7. The Morgan fingerprint density at radius 2 is 1.17 bits per heavy atom. The number of aryl methyl sites for hydroxylation is 3. The van der Waals surface area contributed by atoms with Crippen molar-refractivity contribution < 1.29 is 0 Å². The lowest BCUT2D eigenvalue weighted by molar-refractivity contribution is 0.838. The SMILES string of the molecule is Cc1ccc2c(c1)C1(C(c3ccccc3C)=C2)c2ccccc2-c2ccc(C)cc21. The lowest BCUT2D eigenvalue weighted by Crippen LogP contribution is -2.27. The lowest BCUT2D eigenvalue weighted by atomic mass is 9.67. The van der Waals surface area contributed by atoms with Gasteiger partial charge in [-0.1, -0.05) is 96.1 Å². The number of rotatable bonds is 1. The van der Waals surface area contributed by atoms with Gasteiger partial charge in [0.05, 0.1) is 5.41 Å². The van der Waals surface area contributed by atoms with E-state index in [1.54, 1.807) is 0 Å². The maximum Gasteiger partial charge on any atom is 0.0725 e. The first-order valence-electron chi connectivity index (χ1n) is 10.7. The summed E-state index contributed by atoms with van der Waals surface area (Å²) in [5.41, 5.74) is 14.7. The van der Waals surface area contributed by atoms with Crippen LogP contribution in [-0.2, 0) is 5.41 Å². The minimum absolute atomic E-state index is 0.259. The average Bonchev–Trinajstić information content (AvgIpc) is 3.23. The van der Waals surface area contributed by atoms with Crippen LogP contribution < -0.4 is 0 Å². The minimum atomic E-state index is -0.259. The monoisotopic (exact) mass is 384 g/mol. The topological polar surface area (TPSA) is 0 Å². The fraction of sp³-hybridized carbons (Fsp3) is 0.133. The summed E-state index contributed by atoms with van der Waals surface area (Å²) in [7, 11) is 0. The summed E-state index contributed by atoms with van der Waals surface area (Å²) < 4.78 is 0. The second-order valence-corrected chi connectivity index (χ2v) is 8.81. The molecule has 0 bridgehead atoms. The molecular weight excluding hydrogens is 360 g/mol. The van der Waals surface area contributed by atoms with Crippen molar-refractivity contribution in [2.24, 2.45) is 0 Å². The fourth-order valence-corrected chi connectivity index (χ4v) is 5.66. The van der Waals surface area contributed by atoms with Crippen molar-refractivity contribution in [2.45, 2.75) is 26.2 Å². The molecule has 0 amide bonds. The Balaban J connectivity index is 1.81. The summed E-state index contributed by atoms with van der Waals surface area (Å²) in [6.07, 6.45) is 2.44. The predicted molar refractivity (Wildman–Crippen MR) is 127 cm³/mol. The van der Waals surface area contributed by atoms with Gasteiger partial charge in [-0.05, 0) is 76.9 Å². The second kappa shape index (κ2) is 6.06. The van der Waals surface area contributed by atoms with E-state index in [1.165, 1.54) is 61.2 Å². The van der Waals surface area contributed by atoms with Crippen molar-refractivity contribution >= 4 is 11.6 Å². The van der Waals surface area contributed by atoms with Crippen molar-refractivity contribution in [3.63, 3.8) is 0 Å². The Morgan fingerprint density at radius 1 is 0.533 bits per heavy atom. The van der Waals surface area contributed by atoms with Gasteiger partial charge in [0.25, 0.3) is 0 Å². The summed E-state index contributed by atoms with van der Waals surface area (Å²) in [5, 5.41) is 0. The van der Waals surface area contributed by atoms with Gasteiger partial charge in [0.1, 0.15) is 0 Å². The van der Waals surface area contributed by atoms with Gasteiger partial charge in [0, 0.05) is 0 Å². The first kappa shape index (κ1) is 17.5. The Kier molecular flexibility index (Phi) is 3.53. The van der Waals surface area contributed by atoms with E-state index >= 15 is 0 Å². The number of hydrogen-bond acceptors (Lipinski definition) is 0. The Bertz CT molecular complexity index is 1370. The van der Waals surface area contributed by atoms with Gasteiger partial charge in [0.2, 0.25) is 0 Å². The molecule has 6 rings (SSSR count). The maximum absolute atomic E-state index is 2.44. The molecule has 0 N–H and O–H groups in total. The van der Waals surface area contributed by atoms with Crippen molar-refractivity contribution in [1.82, 2.24) is 0 Å². The molecular formula is C30H24. The molecule has 30 heavy (non-hydrogen) atoms. The van der Waals surface area contributed by atoms with Crippen molar-refractivity contribution in [1.29, 1.82) is 0 Å². The Hall–Kier alpha value is -3.38. The standard InChI is InChI=1S/C30H24/c1-19-12-14-22-18-29(23-9-5-4-8-21(23)3)30(27(22)16-19)26-11-7-6-10-24(26)25-15-13-20(2)17-28(25)30/h4-18H,1-3H3. The third-order valence-electron chi connectivity index (χ3n) is 6.95. The van der Waals surface area contributed by atoms with Crippen molar-refractivity contribution in [3.8, 4) is 11.1 Å². The number of allylic oxidation sites excluding steroid dienone is 1. The van der Waals surface area contributed by atoms with Crippen molar-refractivity contribution in [2.75, 3.05) is 0 Å². The minimum Gasteiger partial charge on any atom is -0.0620 e. The third-order valence-corrected chi connectivity index (χ3v) is 6.95. The van der Waals surface area contributed by atoms with Crippen LogP contribution in [0, 0.1) is 20.8 Å². The molecule has 0 aliphatic heterocycles. The van der Waals surface area contributed by atoms with Gasteiger partial charge in [-0.25, -0.2) is 0 Å². The third kappa shape index (κ3) is 2.11. The zero-order chi connectivity index (χ0) is 20.5. The molecule has 1 unspecified atom stereocenters. The average molecular weight is 385 g/mol. The molecule has 0 heteroatoms. The summed E-state index contributed by atoms with van der Waals surface area (Å²) in [6.45, 7) is 6.65. The summed E-state index contributed by atoms with van der Waals surface area (Å²) >= 11 is 0. The van der Waals surface area contributed by atoms with E-state index in [-0.39, 0.29) is 5.41 Å². The molecule has 0 aromatic heterocycles. The molecule has 0 saturated carbocycles. The predicted octanol–water partition coefficient (Wildman–Crippen LogP) is 7.48. The quantitative estimate of drug-likeness (QED) is 0.319. The highest BCUT2D eigenvalue weighted by atomic mass is 14.5. The number of hydrogen-bond donors (Lipinski definition) is 0. The van der Waals surface area contributed by atoms with Gasteiger partial charge in [-0.3, -0.25) is 0 Å². The fourth-order valence-electron chi connectivity index (χ4n) is 5.66. The number of benzene rings is 4. The van der Waals surface area contributed by atoms with Gasteiger partial charge >= 0.3 is 0 Å². The van der Waals surface area contributed by atoms with E-state index in [2.05, 4.69) is 112 Å². The second-order valence-electron chi connectivity index (χ2n) is 8.81. The van der Waals surface area contributed by atoms with Crippen LogP contribution in [0.2, 0.25) is 0 Å². The van der Waals surface area contributed by atoms with Crippen LogP contribution in [0.5, 0.6) is 0 Å². The largest absolute Gasteiger partial charge is 0.0725 e. The number of fused-ring (bicyclic) bond motifs is 7. The lowest BCUT2D eigenvalue weighted by Gasteiger charge is -2.34. The zero-order valence-electron chi connectivity index (χ0n) is 17.7. The molecule has 4 aromatic rings. The first-order valence-corrected chi connectivity index (χ1v) is 10.7. The highest BCUT2D eigenvalue weighted by Crippen LogP contribution is 2.62. The van der Waals surface area contributed by atoms with E-state index < -0.39 is 0 Å². The van der Waals surface area contributed by atoms with Gasteiger partial charge in [-0.2, -0.15) is 0 Å². The highest BCUT2D eigenvalue weighted by molar-refractivity contribution is 6.05. The van der Waals surface area contributed by atoms with Gasteiger partial charge in [-0.15, -0.1) is 0 Å². The smallest absolute Gasteiger partial charge is 0.0620 e. The molecule has 0 radical (unpaired) electrons. The van der Waals surface area contributed by atoms with Crippen LogP contribution >= 0.6 is 0 Å². The maximum atomic E-state index is 2.44. The molecule has 0 saturated heterocycles. The van der Waals surface area contributed by atoms with E-state index in [4.69, 9.17) is 0 Å². The molecule has 144 valence electrons. The Labute approximate surface area is 178 Å². The molecule has 2 aliphatic rings. The summed E-state index contributed by atoms with van der Waals surface area (Å²) in [5.74, 6) is 0. The molecule has 2 aliphatic carbocycles. The molecule has 0 nitrogen and oxygen atoms in total. The molecule has 1 spiro atoms. The van der Waals surface area contributed by atoms with Crippen LogP contribution in [-0.4, -0.2) is 0 Å². The first-order chi connectivity index (χ1) is 14.6. The van der Waals surface area contributed by atoms with E-state index in [9.17, 15) is 0 Å². The van der Waals surface area contributed by atoms with E-state index in [0.29, 0.717) is 0 Å². The molecule has 1 atom stereocenters. The highest BCUT2D eigenvalue weighted by Gasteiger charge is 2.51. The van der Waals surface area contributed by atoms with Crippen LogP contribution in [0.15, 0.2) is 84.9 Å². The molecule has 4 aromatic carbocycles. The van der Waals surface area contributed by atoms with Gasteiger partial charge < -0.3 is 0 Å². The Morgan fingerprint density at radius 3 is 1.97 bits per heavy atom. The van der Waals surface area contributed by atoms with Crippen LogP contribution in [0.25, 0.3) is 22.8 Å². The van der Waals surface area contributed by atoms with Crippen LogP contribution in [0.1, 0.15) is 44.5 Å². The molecule has 0 fully saturated rings. The van der Waals surface area contributed by atoms with E-state index in [0.717, 1.165) is 0 Å². The van der Waals surface area contributed by atoms with Gasteiger partial charge in [0.15, 0.2) is 0 Å². The van der Waals surface area contributed by atoms with Crippen molar-refractivity contribution in [3.05, 3.63) is 129 Å².